The molecule has 0 aromatic heterocycles. The molecule has 110 valence electrons. The fraction of sp³-hybridized carbons (Fsp3) is 0.400. The van der Waals surface area contributed by atoms with Crippen LogP contribution in [0.5, 0.6) is 0 Å². The van der Waals surface area contributed by atoms with Crippen molar-refractivity contribution in [3.63, 3.8) is 0 Å². The summed E-state index contributed by atoms with van der Waals surface area (Å²) in [4.78, 5) is 0. The zero-order chi connectivity index (χ0) is 15.0. The van der Waals surface area contributed by atoms with E-state index in [9.17, 15) is 0 Å². The fourth-order valence-electron chi connectivity index (χ4n) is 3.49. The first-order chi connectivity index (χ1) is 10.1. The quantitative estimate of drug-likeness (QED) is 0.845. The van der Waals surface area contributed by atoms with Gasteiger partial charge in [0.05, 0.1) is 6.04 Å². The van der Waals surface area contributed by atoms with Crippen LogP contribution in [0.4, 0.5) is 0 Å². The Morgan fingerprint density at radius 1 is 1.00 bits per heavy atom. The van der Waals surface area contributed by atoms with Crippen LogP contribution in [0.1, 0.15) is 52.8 Å². The smallest absolute Gasteiger partial charge is 0.0581 e. The summed E-state index contributed by atoms with van der Waals surface area (Å²) in [5.74, 6) is 0. The van der Waals surface area contributed by atoms with Crippen molar-refractivity contribution in [2.24, 2.45) is 0 Å². The minimum Gasteiger partial charge on any atom is -0.303 e. The lowest BCUT2D eigenvalue weighted by atomic mass is 9.83. The van der Waals surface area contributed by atoms with Gasteiger partial charge in [-0.05, 0) is 55.9 Å². The van der Waals surface area contributed by atoms with Gasteiger partial charge < -0.3 is 5.32 Å². The van der Waals surface area contributed by atoms with Crippen LogP contribution in [0.3, 0.4) is 0 Å². The molecule has 1 heteroatoms. The molecule has 2 aromatic rings. The number of benzene rings is 2. The van der Waals surface area contributed by atoms with Crippen LogP contribution in [0.25, 0.3) is 0 Å². The summed E-state index contributed by atoms with van der Waals surface area (Å²) in [5.41, 5.74) is 8.53. The summed E-state index contributed by atoms with van der Waals surface area (Å²) in [6.45, 7) is 8.88. The molecule has 2 aromatic carbocycles. The van der Waals surface area contributed by atoms with Crippen LogP contribution in [0.15, 0.2) is 36.4 Å². The lowest BCUT2D eigenvalue weighted by Gasteiger charge is -2.34. The van der Waals surface area contributed by atoms with Crippen molar-refractivity contribution in [1.82, 2.24) is 5.32 Å². The highest BCUT2D eigenvalue weighted by Crippen LogP contribution is 2.34. The van der Waals surface area contributed by atoms with Crippen molar-refractivity contribution in [2.45, 2.75) is 52.6 Å². The van der Waals surface area contributed by atoms with E-state index in [0.29, 0.717) is 12.1 Å². The van der Waals surface area contributed by atoms with Crippen molar-refractivity contribution in [2.75, 3.05) is 0 Å². The topological polar surface area (TPSA) is 12.0 Å². The third-order valence-corrected chi connectivity index (χ3v) is 4.72. The number of fused-ring (bicyclic) bond motifs is 1. The number of rotatable bonds is 2. The predicted octanol–water partition coefficient (Wildman–Crippen LogP) is 4.63. The lowest BCUT2D eigenvalue weighted by molar-refractivity contribution is 0.426. The summed E-state index contributed by atoms with van der Waals surface area (Å²) in [7, 11) is 0. The van der Waals surface area contributed by atoms with Gasteiger partial charge in [0.1, 0.15) is 0 Å². The molecule has 0 saturated heterocycles. The van der Waals surface area contributed by atoms with E-state index in [0.717, 1.165) is 6.42 Å². The zero-order valence-corrected chi connectivity index (χ0v) is 13.5. The Labute approximate surface area is 128 Å². The first kappa shape index (κ1) is 14.3. The largest absolute Gasteiger partial charge is 0.303 e. The molecule has 1 aliphatic heterocycles. The van der Waals surface area contributed by atoms with Crippen LogP contribution in [-0.2, 0) is 6.42 Å². The lowest BCUT2D eigenvalue weighted by Crippen LogP contribution is -2.40. The summed E-state index contributed by atoms with van der Waals surface area (Å²) < 4.78 is 0. The number of hydrogen-bond acceptors (Lipinski definition) is 1. The van der Waals surface area contributed by atoms with Gasteiger partial charge in [0.2, 0.25) is 0 Å². The average molecular weight is 279 g/mol. The molecule has 1 nitrogen and oxygen atoms in total. The summed E-state index contributed by atoms with van der Waals surface area (Å²) in [6.07, 6.45) is 2.33. The van der Waals surface area contributed by atoms with Gasteiger partial charge in [-0.3, -0.25) is 0 Å². The van der Waals surface area contributed by atoms with Crippen molar-refractivity contribution in [3.05, 3.63) is 69.8 Å². The van der Waals surface area contributed by atoms with Crippen LogP contribution < -0.4 is 5.32 Å². The maximum atomic E-state index is 3.85. The second-order valence-corrected chi connectivity index (χ2v) is 6.47. The molecule has 0 radical (unpaired) electrons. The number of nitrogens with one attached hydrogen (secondary N) is 1. The molecule has 1 aliphatic rings. The Kier molecular flexibility index (Phi) is 3.86. The van der Waals surface area contributed by atoms with Crippen LogP contribution in [0.2, 0.25) is 0 Å². The summed E-state index contributed by atoms with van der Waals surface area (Å²) in [6, 6.07) is 14.6. The Balaban J connectivity index is 2.11. The SMILES string of the molecule is CCC1Cc2c(C)cc(C)cc2C(c2ccc(C)cc2)N1. The average Bonchev–Trinajstić information content (AvgIpc) is 2.47. The molecule has 0 aliphatic carbocycles. The van der Waals surface area contributed by atoms with Crippen molar-refractivity contribution >= 4 is 0 Å². The standard InChI is InChI=1S/C20H25N/c1-5-17-12-18-15(4)10-14(3)11-19(18)20(21-17)16-8-6-13(2)7-9-16/h6-11,17,20-21H,5,12H2,1-4H3. The van der Waals surface area contributed by atoms with E-state index in [1.807, 2.05) is 0 Å². The minimum atomic E-state index is 0.331. The normalized spacial score (nSPS) is 21.1. The van der Waals surface area contributed by atoms with E-state index in [1.54, 1.807) is 5.56 Å². The number of aryl methyl sites for hydroxylation is 3. The molecular formula is C20H25N. The molecule has 0 bridgehead atoms. The molecule has 2 unspecified atom stereocenters. The Morgan fingerprint density at radius 2 is 1.71 bits per heavy atom. The highest BCUT2D eigenvalue weighted by Gasteiger charge is 2.27. The highest BCUT2D eigenvalue weighted by molar-refractivity contribution is 5.46. The monoisotopic (exact) mass is 279 g/mol. The van der Waals surface area contributed by atoms with Gasteiger partial charge in [-0.2, -0.15) is 0 Å². The molecular weight excluding hydrogens is 254 g/mol. The van der Waals surface area contributed by atoms with Crippen LogP contribution in [-0.4, -0.2) is 6.04 Å². The molecule has 1 N–H and O–H groups in total. The molecule has 0 fully saturated rings. The van der Waals surface area contributed by atoms with Crippen molar-refractivity contribution in [1.29, 1.82) is 0 Å². The highest BCUT2D eigenvalue weighted by atomic mass is 15.0. The molecule has 2 atom stereocenters. The molecule has 0 amide bonds. The van der Waals surface area contributed by atoms with E-state index in [1.165, 1.54) is 34.2 Å². The molecule has 1 heterocycles. The minimum absolute atomic E-state index is 0.331. The van der Waals surface area contributed by atoms with Gasteiger partial charge in [0.15, 0.2) is 0 Å². The van der Waals surface area contributed by atoms with Gasteiger partial charge in [0.25, 0.3) is 0 Å². The van der Waals surface area contributed by atoms with Crippen LogP contribution >= 0.6 is 0 Å². The Morgan fingerprint density at radius 3 is 2.38 bits per heavy atom. The van der Waals surface area contributed by atoms with Gasteiger partial charge in [0, 0.05) is 6.04 Å². The second kappa shape index (κ2) is 5.65. The Hall–Kier alpha value is -1.60. The summed E-state index contributed by atoms with van der Waals surface area (Å²) >= 11 is 0. The third-order valence-electron chi connectivity index (χ3n) is 4.72. The van der Waals surface area contributed by atoms with Gasteiger partial charge in [-0.1, -0.05) is 54.4 Å². The van der Waals surface area contributed by atoms with Crippen molar-refractivity contribution < 1.29 is 0 Å². The van der Waals surface area contributed by atoms with E-state index in [2.05, 4.69) is 69.4 Å². The fourth-order valence-corrected chi connectivity index (χ4v) is 3.49. The summed E-state index contributed by atoms with van der Waals surface area (Å²) in [5, 5.41) is 3.85. The van der Waals surface area contributed by atoms with Gasteiger partial charge >= 0.3 is 0 Å². The molecule has 3 rings (SSSR count). The molecule has 0 spiro atoms. The van der Waals surface area contributed by atoms with E-state index < -0.39 is 0 Å². The first-order valence-electron chi connectivity index (χ1n) is 8.01. The second-order valence-electron chi connectivity index (χ2n) is 6.47. The van der Waals surface area contributed by atoms with Crippen LogP contribution in [0, 0.1) is 20.8 Å². The van der Waals surface area contributed by atoms with E-state index >= 15 is 0 Å². The van der Waals surface area contributed by atoms with E-state index in [-0.39, 0.29) is 0 Å². The van der Waals surface area contributed by atoms with Gasteiger partial charge in [-0.15, -0.1) is 0 Å². The molecule has 21 heavy (non-hydrogen) atoms. The maximum absolute atomic E-state index is 3.85. The predicted molar refractivity (Wildman–Crippen MR) is 89.9 cm³/mol. The third kappa shape index (κ3) is 2.75. The number of hydrogen-bond donors (Lipinski definition) is 1. The van der Waals surface area contributed by atoms with Gasteiger partial charge in [-0.25, -0.2) is 0 Å². The Bertz CT molecular complexity index is 640. The van der Waals surface area contributed by atoms with Crippen molar-refractivity contribution in [3.8, 4) is 0 Å². The molecule has 0 saturated carbocycles. The van der Waals surface area contributed by atoms with E-state index in [4.69, 9.17) is 0 Å². The maximum Gasteiger partial charge on any atom is 0.0581 e. The first-order valence-corrected chi connectivity index (χ1v) is 8.01. The zero-order valence-electron chi connectivity index (χ0n) is 13.5.